The molecule has 9 rings (SSSR count). The highest BCUT2D eigenvalue weighted by molar-refractivity contribution is 6.08. The number of para-hydroxylation sites is 3. The van der Waals surface area contributed by atoms with E-state index in [1.54, 1.807) is 0 Å². The number of nitrogens with zero attached hydrogens (tertiary/aromatic N) is 4. The third-order valence-electron chi connectivity index (χ3n) is 9.30. The summed E-state index contributed by atoms with van der Waals surface area (Å²) in [6, 6.07) is 67.4. The van der Waals surface area contributed by atoms with Gasteiger partial charge in [-0.3, -0.25) is 0 Å². The smallest absolute Gasteiger partial charge is 0.166 e. The predicted octanol–water partition coefficient (Wildman–Crippen LogP) is 12.3. The third-order valence-corrected chi connectivity index (χ3v) is 9.30. The topological polar surface area (TPSA) is 41.9 Å². The first kappa shape index (κ1) is 30.2. The van der Waals surface area contributed by atoms with E-state index < -0.39 is 0 Å². The van der Waals surface area contributed by atoms with Gasteiger partial charge in [-0.1, -0.05) is 152 Å². The van der Waals surface area contributed by atoms with Gasteiger partial charge in [-0.2, -0.15) is 0 Å². The highest BCUT2D eigenvalue weighted by atomic mass is 15.1. The molecule has 4 heteroatoms. The lowest BCUT2D eigenvalue weighted by Crippen LogP contribution is -2.12. The summed E-state index contributed by atoms with van der Waals surface area (Å²) in [7, 11) is 0. The molecule has 0 fully saturated rings. The van der Waals surface area contributed by atoms with E-state index in [1.165, 1.54) is 21.7 Å². The van der Waals surface area contributed by atoms with Gasteiger partial charge >= 0.3 is 0 Å². The molecule has 240 valence electrons. The van der Waals surface area contributed by atoms with E-state index in [1.807, 2.05) is 24.3 Å². The minimum atomic E-state index is 0.605. The average Bonchev–Trinajstić information content (AvgIpc) is 3.22. The van der Waals surface area contributed by atoms with Crippen LogP contribution in [0.25, 0.3) is 66.8 Å². The number of hydrogen-bond acceptors (Lipinski definition) is 4. The monoisotopic (exact) mass is 652 g/mol. The quantitative estimate of drug-likeness (QED) is 0.161. The summed E-state index contributed by atoms with van der Waals surface area (Å²) >= 11 is 0. The van der Waals surface area contributed by atoms with Gasteiger partial charge in [-0.25, -0.2) is 15.0 Å². The molecule has 0 aliphatic carbocycles. The normalized spacial score (nSPS) is 11.1. The number of rotatable bonds is 7. The van der Waals surface area contributed by atoms with E-state index in [0.29, 0.717) is 17.5 Å². The molecule has 0 unspecified atom stereocenters. The van der Waals surface area contributed by atoms with Gasteiger partial charge in [0.1, 0.15) is 0 Å². The van der Waals surface area contributed by atoms with E-state index in [2.05, 4.69) is 175 Å². The Morgan fingerprint density at radius 2 is 0.804 bits per heavy atom. The van der Waals surface area contributed by atoms with Crippen molar-refractivity contribution in [2.24, 2.45) is 0 Å². The Morgan fingerprint density at radius 3 is 1.53 bits per heavy atom. The SMILES string of the molecule is c1ccc(-c2ccc(-c3nc(-c4ccc5c(ccc6ccccc65)c4)nc(-c4ccccc4N(c4ccccc4)c4ccccc4)n3)cc2)cc1. The molecule has 0 radical (unpaired) electrons. The Labute approximate surface area is 297 Å². The van der Waals surface area contributed by atoms with Crippen molar-refractivity contribution in [2.45, 2.75) is 0 Å². The fraction of sp³-hybridized carbons (Fsp3) is 0. The van der Waals surface area contributed by atoms with Gasteiger partial charge in [0.05, 0.1) is 5.69 Å². The number of anilines is 3. The van der Waals surface area contributed by atoms with Gasteiger partial charge in [0.15, 0.2) is 17.5 Å². The molecule has 1 heterocycles. The Morgan fingerprint density at radius 1 is 0.314 bits per heavy atom. The lowest BCUT2D eigenvalue weighted by Gasteiger charge is -2.27. The van der Waals surface area contributed by atoms with Crippen molar-refractivity contribution < 1.29 is 0 Å². The van der Waals surface area contributed by atoms with Crippen LogP contribution in [0.1, 0.15) is 0 Å². The summed E-state index contributed by atoms with van der Waals surface area (Å²) in [6.07, 6.45) is 0. The second-order valence-corrected chi connectivity index (χ2v) is 12.5. The summed E-state index contributed by atoms with van der Waals surface area (Å²) in [4.78, 5) is 17.8. The number of benzene rings is 8. The molecule has 4 nitrogen and oxygen atoms in total. The summed E-state index contributed by atoms with van der Waals surface area (Å²) in [5, 5.41) is 4.79. The molecule has 0 amide bonds. The first-order chi connectivity index (χ1) is 25.3. The molecule has 0 spiro atoms. The molecule has 8 aromatic carbocycles. The number of aromatic nitrogens is 3. The first-order valence-electron chi connectivity index (χ1n) is 17.1. The fourth-order valence-electron chi connectivity index (χ4n) is 6.79. The van der Waals surface area contributed by atoms with Crippen LogP contribution < -0.4 is 4.90 Å². The predicted molar refractivity (Wildman–Crippen MR) is 211 cm³/mol. The minimum Gasteiger partial charge on any atom is -0.310 e. The van der Waals surface area contributed by atoms with Crippen LogP contribution >= 0.6 is 0 Å². The maximum atomic E-state index is 5.22. The zero-order valence-electron chi connectivity index (χ0n) is 27.8. The molecule has 1 aromatic heterocycles. The summed E-state index contributed by atoms with van der Waals surface area (Å²) in [6.45, 7) is 0. The average molecular weight is 653 g/mol. The van der Waals surface area contributed by atoms with Gasteiger partial charge in [0.2, 0.25) is 0 Å². The Balaban J connectivity index is 1.23. The van der Waals surface area contributed by atoms with Gasteiger partial charge in [0, 0.05) is 28.1 Å². The van der Waals surface area contributed by atoms with Crippen LogP contribution in [0.5, 0.6) is 0 Å². The fourth-order valence-corrected chi connectivity index (χ4v) is 6.79. The van der Waals surface area contributed by atoms with Crippen molar-refractivity contribution in [3.63, 3.8) is 0 Å². The van der Waals surface area contributed by atoms with Crippen LogP contribution in [-0.4, -0.2) is 15.0 Å². The van der Waals surface area contributed by atoms with E-state index in [-0.39, 0.29) is 0 Å². The molecular weight excluding hydrogens is 621 g/mol. The van der Waals surface area contributed by atoms with Crippen LogP contribution in [0.3, 0.4) is 0 Å². The van der Waals surface area contributed by atoms with Crippen molar-refractivity contribution >= 4 is 38.6 Å². The molecule has 0 aliphatic rings. The highest BCUT2D eigenvalue weighted by Gasteiger charge is 2.20. The van der Waals surface area contributed by atoms with Gasteiger partial charge in [-0.15, -0.1) is 0 Å². The van der Waals surface area contributed by atoms with Gasteiger partial charge < -0.3 is 4.90 Å². The second-order valence-electron chi connectivity index (χ2n) is 12.5. The van der Waals surface area contributed by atoms with Crippen LogP contribution in [0.15, 0.2) is 194 Å². The van der Waals surface area contributed by atoms with Crippen LogP contribution in [-0.2, 0) is 0 Å². The lowest BCUT2D eigenvalue weighted by atomic mass is 10.00. The Kier molecular flexibility index (Phi) is 7.80. The van der Waals surface area contributed by atoms with E-state index in [0.717, 1.165) is 44.7 Å². The standard InChI is InChI=1S/C47H32N4/c1-4-14-33(15-5-1)34-24-27-36(28-25-34)45-48-46(38-30-31-42-37(32-38)29-26-35-16-10-11-21-41(35)42)50-47(49-45)43-22-12-13-23-44(43)51(39-17-6-2-7-18-39)40-19-8-3-9-20-40/h1-32H. The molecule has 9 aromatic rings. The zero-order chi connectivity index (χ0) is 34.0. The maximum Gasteiger partial charge on any atom is 0.166 e. The van der Waals surface area contributed by atoms with E-state index >= 15 is 0 Å². The Bertz CT molecular complexity index is 2580. The van der Waals surface area contributed by atoms with E-state index in [4.69, 9.17) is 15.0 Å². The first-order valence-corrected chi connectivity index (χ1v) is 17.1. The molecule has 51 heavy (non-hydrogen) atoms. The zero-order valence-corrected chi connectivity index (χ0v) is 27.8. The summed E-state index contributed by atoms with van der Waals surface area (Å²) in [5.74, 6) is 1.85. The molecule has 0 saturated carbocycles. The molecule has 0 N–H and O–H groups in total. The number of hydrogen-bond donors (Lipinski definition) is 0. The molecule has 0 saturated heterocycles. The molecular formula is C47H32N4. The molecule has 0 aliphatic heterocycles. The van der Waals surface area contributed by atoms with Crippen molar-refractivity contribution in [1.29, 1.82) is 0 Å². The lowest BCUT2D eigenvalue weighted by molar-refractivity contribution is 1.07. The maximum absolute atomic E-state index is 5.22. The van der Waals surface area contributed by atoms with Crippen molar-refractivity contribution in [1.82, 2.24) is 15.0 Å². The van der Waals surface area contributed by atoms with E-state index in [9.17, 15) is 0 Å². The summed E-state index contributed by atoms with van der Waals surface area (Å²) in [5.41, 5.74) is 8.14. The van der Waals surface area contributed by atoms with Crippen LogP contribution in [0.4, 0.5) is 17.1 Å². The van der Waals surface area contributed by atoms with Crippen LogP contribution in [0.2, 0.25) is 0 Å². The third kappa shape index (κ3) is 5.90. The van der Waals surface area contributed by atoms with Gasteiger partial charge in [-0.05, 0) is 75.1 Å². The summed E-state index contributed by atoms with van der Waals surface area (Å²) < 4.78 is 0. The van der Waals surface area contributed by atoms with Gasteiger partial charge in [0.25, 0.3) is 0 Å². The largest absolute Gasteiger partial charge is 0.310 e. The molecule has 0 atom stereocenters. The number of fused-ring (bicyclic) bond motifs is 3. The van der Waals surface area contributed by atoms with Crippen molar-refractivity contribution in [3.05, 3.63) is 194 Å². The minimum absolute atomic E-state index is 0.605. The highest BCUT2D eigenvalue weighted by Crippen LogP contribution is 2.40. The molecule has 0 bridgehead atoms. The van der Waals surface area contributed by atoms with Crippen LogP contribution in [0, 0.1) is 0 Å². The van der Waals surface area contributed by atoms with Crippen molar-refractivity contribution in [2.75, 3.05) is 4.90 Å². The Hall–Kier alpha value is -6.91. The van der Waals surface area contributed by atoms with Crippen molar-refractivity contribution in [3.8, 4) is 45.3 Å². The second kappa shape index (κ2) is 13.2.